The van der Waals surface area contributed by atoms with Gasteiger partial charge in [0.25, 0.3) is 0 Å². The van der Waals surface area contributed by atoms with Gasteiger partial charge in [-0.2, -0.15) is 0 Å². The summed E-state index contributed by atoms with van der Waals surface area (Å²) in [6, 6.07) is 17.0. The lowest BCUT2D eigenvalue weighted by molar-refractivity contribution is 0.0727. The third-order valence-electron chi connectivity index (χ3n) is 3.29. The van der Waals surface area contributed by atoms with Gasteiger partial charge in [0.2, 0.25) is 0 Å². The second-order valence-electron chi connectivity index (χ2n) is 5.25. The Morgan fingerprint density at radius 2 is 1.68 bits per heavy atom. The zero-order valence-electron chi connectivity index (χ0n) is 12.7. The maximum absolute atomic E-state index is 10.9. The molecule has 0 fully saturated rings. The van der Waals surface area contributed by atoms with Crippen LogP contribution in [0.1, 0.15) is 30.9 Å². The van der Waals surface area contributed by atoms with Crippen molar-refractivity contribution in [2.45, 2.75) is 25.9 Å². The zero-order chi connectivity index (χ0) is 15.9. The van der Waals surface area contributed by atoms with E-state index in [1.807, 2.05) is 56.3 Å². The summed E-state index contributed by atoms with van der Waals surface area (Å²) >= 11 is 0. The van der Waals surface area contributed by atoms with Crippen molar-refractivity contribution in [3.8, 4) is 5.75 Å². The number of hydrogen-bond acceptors (Lipinski definition) is 3. The summed E-state index contributed by atoms with van der Waals surface area (Å²) in [6.45, 7) is 4.41. The first-order valence-electron chi connectivity index (χ1n) is 7.24. The van der Waals surface area contributed by atoms with Gasteiger partial charge in [-0.1, -0.05) is 48.5 Å². The van der Waals surface area contributed by atoms with Gasteiger partial charge in [-0.05, 0) is 25.5 Å². The Kier molecular flexibility index (Phi) is 5.55. The van der Waals surface area contributed by atoms with Crippen LogP contribution >= 0.6 is 0 Å². The van der Waals surface area contributed by atoms with E-state index in [1.165, 1.54) is 0 Å². The molecule has 0 aliphatic rings. The van der Waals surface area contributed by atoms with E-state index in [2.05, 4.69) is 0 Å². The van der Waals surface area contributed by atoms with Gasteiger partial charge in [0.1, 0.15) is 5.75 Å². The fraction of sp³-hybridized carbons (Fsp3) is 0.278. The number of para-hydroxylation sites is 1. The van der Waals surface area contributed by atoms with Gasteiger partial charge in [-0.25, -0.2) is 4.79 Å². The summed E-state index contributed by atoms with van der Waals surface area (Å²) in [4.78, 5) is 10.9. The largest absolute Gasteiger partial charge is 0.511 e. The van der Waals surface area contributed by atoms with Gasteiger partial charge in [-0.3, -0.25) is 0 Å². The summed E-state index contributed by atoms with van der Waals surface area (Å²) in [5.74, 6) is 0.260. The van der Waals surface area contributed by atoms with Crippen molar-refractivity contribution < 1.29 is 19.4 Å². The molecule has 2 aromatic carbocycles. The molecule has 1 N–H and O–H groups in total. The van der Waals surface area contributed by atoms with Crippen LogP contribution in [0.4, 0.5) is 4.79 Å². The van der Waals surface area contributed by atoms with Crippen molar-refractivity contribution in [3.05, 3.63) is 65.7 Å². The van der Waals surface area contributed by atoms with Crippen molar-refractivity contribution >= 4 is 6.16 Å². The molecule has 2 rings (SSSR count). The summed E-state index contributed by atoms with van der Waals surface area (Å²) in [5.41, 5.74) is 1.86. The monoisotopic (exact) mass is 300 g/mol. The Hall–Kier alpha value is -2.33. The molecule has 1 atom stereocenters. The van der Waals surface area contributed by atoms with E-state index >= 15 is 0 Å². The van der Waals surface area contributed by atoms with Gasteiger partial charge in [-0.15, -0.1) is 0 Å². The molecule has 4 nitrogen and oxygen atoms in total. The zero-order valence-corrected chi connectivity index (χ0v) is 12.7. The SMILES string of the molecule is CC(C)OCC(c1ccccc1)c1ccccc1OC(=O)O. The van der Waals surface area contributed by atoms with Crippen LogP contribution in [0.5, 0.6) is 5.75 Å². The topological polar surface area (TPSA) is 55.8 Å². The summed E-state index contributed by atoms with van der Waals surface area (Å²) < 4.78 is 10.7. The third-order valence-corrected chi connectivity index (χ3v) is 3.29. The standard InChI is InChI=1S/C18H20O4/c1-13(2)21-12-16(14-8-4-3-5-9-14)15-10-6-7-11-17(15)22-18(19)20/h3-11,13,16H,12H2,1-2H3,(H,19,20). The number of ether oxygens (including phenoxy) is 2. The Balaban J connectivity index is 2.38. The Labute approximate surface area is 130 Å². The molecule has 0 aromatic heterocycles. The number of benzene rings is 2. The van der Waals surface area contributed by atoms with Crippen LogP contribution in [0.3, 0.4) is 0 Å². The Morgan fingerprint density at radius 3 is 2.32 bits per heavy atom. The predicted molar refractivity (Wildman–Crippen MR) is 84.5 cm³/mol. The van der Waals surface area contributed by atoms with Crippen LogP contribution in [-0.2, 0) is 4.74 Å². The molecule has 4 heteroatoms. The highest BCUT2D eigenvalue weighted by molar-refractivity contribution is 5.62. The first kappa shape index (κ1) is 16.0. The average molecular weight is 300 g/mol. The van der Waals surface area contributed by atoms with Crippen molar-refractivity contribution in [1.29, 1.82) is 0 Å². The lowest BCUT2D eigenvalue weighted by Gasteiger charge is -2.21. The van der Waals surface area contributed by atoms with Crippen LogP contribution < -0.4 is 4.74 Å². The number of carbonyl (C=O) groups is 1. The summed E-state index contributed by atoms with van der Waals surface area (Å²) in [6.07, 6.45) is -1.22. The average Bonchev–Trinajstić information content (AvgIpc) is 2.49. The molecule has 0 heterocycles. The Bertz CT molecular complexity index is 607. The van der Waals surface area contributed by atoms with Crippen LogP contribution in [0.2, 0.25) is 0 Å². The van der Waals surface area contributed by atoms with E-state index in [9.17, 15) is 4.79 Å². The van der Waals surface area contributed by atoms with Gasteiger partial charge < -0.3 is 14.6 Å². The minimum Gasteiger partial charge on any atom is -0.449 e. The van der Waals surface area contributed by atoms with E-state index in [1.54, 1.807) is 12.1 Å². The molecular formula is C18H20O4. The second-order valence-corrected chi connectivity index (χ2v) is 5.25. The fourth-order valence-corrected chi connectivity index (χ4v) is 2.30. The normalized spacial score (nSPS) is 12.1. The van der Waals surface area contributed by atoms with Gasteiger partial charge >= 0.3 is 6.16 Å². The van der Waals surface area contributed by atoms with Crippen molar-refractivity contribution in [2.24, 2.45) is 0 Å². The summed E-state index contributed by atoms with van der Waals surface area (Å²) in [7, 11) is 0. The maximum Gasteiger partial charge on any atom is 0.511 e. The fourth-order valence-electron chi connectivity index (χ4n) is 2.30. The van der Waals surface area contributed by atoms with Crippen molar-refractivity contribution in [2.75, 3.05) is 6.61 Å². The smallest absolute Gasteiger partial charge is 0.449 e. The molecule has 0 bridgehead atoms. The molecule has 1 unspecified atom stereocenters. The molecule has 0 saturated carbocycles. The number of hydrogen-bond donors (Lipinski definition) is 1. The van der Waals surface area contributed by atoms with E-state index in [0.29, 0.717) is 12.4 Å². The number of rotatable bonds is 6. The highest BCUT2D eigenvalue weighted by Crippen LogP contribution is 2.32. The second kappa shape index (κ2) is 7.61. The molecule has 22 heavy (non-hydrogen) atoms. The van der Waals surface area contributed by atoms with Crippen LogP contribution in [0, 0.1) is 0 Å². The highest BCUT2D eigenvalue weighted by Gasteiger charge is 2.20. The van der Waals surface area contributed by atoms with Crippen LogP contribution in [0.25, 0.3) is 0 Å². The summed E-state index contributed by atoms with van der Waals surface area (Å²) in [5, 5.41) is 8.91. The quantitative estimate of drug-likeness (QED) is 0.638. The molecule has 0 saturated heterocycles. The van der Waals surface area contributed by atoms with E-state index in [0.717, 1.165) is 11.1 Å². The van der Waals surface area contributed by atoms with Crippen LogP contribution in [-0.4, -0.2) is 24.0 Å². The number of carboxylic acid groups (broad SMARTS) is 1. The highest BCUT2D eigenvalue weighted by atomic mass is 16.7. The van der Waals surface area contributed by atoms with Gasteiger partial charge in [0.15, 0.2) is 0 Å². The molecular weight excluding hydrogens is 280 g/mol. The molecule has 0 radical (unpaired) electrons. The first-order chi connectivity index (χ1) is 10.6. The molecule has 0 amide bonds. The first-order valence-corrected chi connectivity index (χ1v) is 7.24. The minimum atomic E-state index is -1.32. The van der Waals surface area contributed by atoms with Crippen molar-refractivity contribution in [3.63, 3.8) is 0 Å². The predicted octanol–water partition coefficient (Wildman–Crippen LogP) is 4.30. The van der Waals surface area contributed by atoms with E-state index in [-0.39, 0.29) is 12.0 Å². The maximum atomic E-state index is 10.9. The van der Waals surface area contributed by atoms with Crippen molar-refractivity contribution in [1.82, 2.24) is 0 Å². The minimum absolute atomic E-state index is 0.0841. The molecule has 0 aliphatic carbocycles. The third kappa shape index (κ3) is 4.33. The Morgan fingerprint density at radius 1 is 1.05 bits per heavy atom. The lowest BCUT2D eigenvalue weighted by Crippen LogP contribution is -2.15. The van der Waals surface area contributed by atoms with Crippen LogP contribution in [0.15, 0.2) is 54.6 Å². The van der Waals surface area contributed by atoms with Gasteiger partial charge in [0.05, 0.1) is 12.7 Å². The molecule has 116 valence electrons. The van der Waals surface area contributed by atoms with E-state index in [4.69, 9.17) is 14.6 Å². The van der Waals surface area contributed by atoms with E-state index < -0.39 is 6.16 Å². The molecule has 2 aromatic rings. The molecule has 0 spiro atoms. The van der Waals surface area contributed by atoms with Gasteiger partial charge in [0, 0.05) is 11.5 Å². The molecule has 0 aliphatic heterocycles. The lowest BCUT2D eigenvalue weighted by atomic mass is 9.91.